The second-order valence-electron chi connectivity index (χ2n) is 3.91. The van der Waals surface area contributed by atoms with Crippen LogP contribution in [0.5, 0.6) is 0 Å². The average Bonchev–Trinajstić information content (AvgIpc) is 2.25. The summed E-state index contributed by atoms with van der Waals surface area (Å²) in [6.07, 6.45) is -0.691. The predicted octanol–water partition coefficient (Wildman–Crippen LogP) is 0.914. The summed E-state index contributed by atoms with van der Waals surface area (Å²) in [7, 11) is 0. The molecule has 1 aromatic rings. The molecule has 1 aromatic carbocycles. The van der Waals surface area contributed by atoms with E-state index in [0.717, 1.165) is 11.1 Å². The molecule has 1 rings (SSSR count). The molecule has 4 N–H and O–H groups in total. The number of aliphatic hydroxyl groups is 1. The molecule has 96 valence electrons. The lowest BCUT2D eigenvalue weighted by Crippen LogP contribution is -2.40. The van der Waals surface area contributed by atoms with Crippen molar-refractivity contribution in [3.8, 4) is 0 Å². The summed E-state index contributed by atoms with van der Waals surface area (Å²) in [5.74, 6) is -0.257. The Morgan fingerprint density at radius 1 is 1.47 bits per heavy atom. The largest absolute Gasteiger partial charge is 0.387 e. The molecular formula is C12H19ClN2O2. The van der Waals surface area contributed by atoms with Crippen molar-refractivity contribution in [1.29, 1.82) is 0 Å². The predicted molar refractivity (Wildman–Crippen MR) is 70.0 cm³/mol. The highest BCUT2D eigenvalue weighted by molar-refractivity contribution is 5.85. The Balaban J connectivity index is 0.00000256. The van der Waals surface area contributed by atoms with Crippen LogP contribution in [-0.2, 0) is 4.79 Å². The van der Waals surface area contributed by atoms with Gasteiger partial charge in [-0.3, -0.25) is 4.79 Å². The smallest absolute Gasteiger partial charge is 0.236 e. The fraction of sp³-hybridized carbons (Fsp3) is 0.417. The monoisotopic (exact) mass is 258 g/mol. The Kier molecular flexibility index (Phi) is 6.80. The zero-order valence-electron chi connectivity index (χ0n) is 10.0. The Labute approximate surface area is 108 Å². The number of hydrogen-bond donors (Lipinski definition) is 3. The topological polar surface area (TPSA) is 75.3 Å². The standard InChI is InChI=1S/C12H18N2O2.ClH/c1-8-5-3-4-6-10(8)11(15)7-14-12(16)9(2)13;/h3-6,9,11,15H,7,13H2,1-2H3,(H,14,16);1H/t9-,11?;/m1./s1. The number of rotatable bonds is 4. The van der Waals surface area contributed by atoms with Crippen LogP contribution in [0.2, 0.25) is 0 Å². The normalized spacial score (nSPS) is 13.4. The molecule has 1 amide bonds. The molecule has 1 unspecified atom stereocenters. The molecule has 0 fully saturated rings. The van der Waals surface area contributed by atoms with Crippen molar-refractivity contribution < 1.29 is 9.90 Å². The van der Waals surface area contributed by atoms with E-state index in [1.54, 1.807) is 6.92 Å². The molecule has 17 heavy (non-hydrogen) atoms. The van der Waals surface area contributed by atoms with Crippen molar-refractivity contribution in [2.75, 3.05) is 6.54 Å². The van der Waals surface area contributed by atoms with Gasteiger partial charge in [0.05, 0.1) is 12.1 Å². The molecule has 2 atom stereocenters. The van der Waals surface area contributed by atoms with Crippen molar-refractivity contribution in [1.82, 2.24) is 5.32 Å². The first-order chi connectivity index (χ1) is 7.52. The highest BCUT2D eigenvalue weighted by Gasteiger charge is 2.12. The lowest BCUT2D eigenvalue weighted by Gasteiger charge is -2.15. The van der Waals surface area contributed by atoms with Gasteiger partial charge >= 0.3 is 0 Å². The first kappa shape index (κ1) is 15.9. The molecule has 0 aromatic heterocycles. The highest BCUT2D eigenvalue weighted by Crippen LogP contribution is 2.16. The second kappa shape index (κ2) is 7.27. The fourth-order valence-electron chi connectivity index (χ4n) is 1.43. The summed E-state index contributed by atoms with van der Waals surface area (Å²) in [6, 6.07) is 6.98. The summed E-state index contributed by atoms with van der Waals surface area (Å²) in [5.41, 5.74) is 7.23. The quantitative estimate of drug-likeness (QED) is 0.752. The van der Waals surface area contributed by atoms with Gasteiger partial charge < -0.3 is 16.2 Å². The Bertz CT molecular complexity index is 369. The van der Waals surface area contributed by atoms with E-state index in [1.165, 1.54) is 0 Å². The van der Waals surface area contributed by atoms with Crippen LogP contribution in [0.3, 0.4) is 0 Å². The summed E-state index contributed by atoms with van der Waals surface area (Å²) in [6.45, 7) is 3.71. The van der Waals surface area contributed by atoms with Gasteiger partial charge in [0.25, 0.3) is 0 Å². The zero-order valence-corrected chi connectivity index (χ0v) is 10.8. The Morgan fingerprint density at radius 3 is 2.59 bits per heavy atom. The maximum atomic E-state index is 11.2. The van der Waals surface area contributed by atoms with E-state index >= 15 is 0 Å². The van der Waals surface area contributed by atoms with Crippen LogP contribution in [0, 0.1) is 6.92 Å². The van der Waals surface area contributed by atoms with Gasteiger partial charge in [0, 0.05) is 6.54 Å². The van der Waals surface area contributed by atoms with Crippen molar-refractivity contribution in [2.45, 2.75) is 26.0 Å². The molecule has 0 radical (unpaired) electrons. The van der Waals surface area contributed by atoms with E-state index in [1.807, 2.05) is 31.2 Å². The number of amides is 1. The minimum Gasteiger partial charge on any atom is -0.387 e. The van der Waals surface area contributed by atoms with E-state index in [4.69, 9.17) is 5.73 Å². The first-order valence-corrected chi connectivity index (χ1v) is 5.29. The minimum absolute atomic E-state index is 0. The van der Waals surface area contributed by atoms with Crippen LogP contribution in [-0.4, -0.2) is 23.6 Å². The van der Waals surface area contributed by atoms with Gasteiger partial charge in [0.1, 0.15) is 0 Å². The van der Waals surface area contributed by atoms with Crippen LogP contribution >= 0.6 is 12.4 Å². The van der Waals surface area contributed by atoms with Crippen LogP contribution in [0.15, 0.2) is 24.3 Å². The number of aryl methyl sites for hydroxylation is 1. The van der Waals surface area contributed by atoms with Gasteiger partial charge in [0.2, 0.25) is 5.91 Å². The Hall–Kier alpha value is -1.10. The lowest BCUT2D eigenvalue weighted by atomic mass is 10.0. The van der Waals surface area contributed by atoms with Crippen molar-refractivity contribution in [3.63, 3.8) is 0 Å². The Morgan fingerprint density at radius 2 is 2.06 bits per heavy atom. The van der Waals surface area contributed by atoms with Gasteiger partial charge in [-0.2, -0.15) is 0 Å². The minimum atomic E-state index is -0.691. The summed E-state index contributed by atoms with van der Waals surface area (Å²) in [5, 5.41) is 12.5. The number of benzene rings is 1. The van der Waals surface area contributed by atoms with Gasteiger partial charge in [-0.25, -0.2) is 0 Å². The first-order valence-electron chi connectivity index (χ1n) is 5.29. The third kappa shape index (κ3) is 4.73. The number of carbonyl (C=O) groups excluding carboxylic acids is 1. The van der Waals surface area contributed by atoms with Crippen molar-refractivity contribution >= 4 is 18.3 Å². The number of aliphatic hydroxyl groups excluding tert-OH is 1. The van der Waals surface area contributed by atoms with Crippen LogP contribution in [0.25, 0.3) is 0 Å². The number of nitrogens with two attached hydrogens (primary N) is 1. The van der Waals surface area contributed by atoms with Gasteiger partial charge in [0.15, 0.2) is 0 Å². The third-order valence-corrected chi connectivity index (χ3v) is 2.43. The fourth-order valence-corrected chi connectivity index (χ4v) is 1.43. The summed E-state index contributed by atoms with van der Waals surface area (Å²) < 4.78 is 0. The number of halogens is 1. The molecule has 0 saturated carbocycles. The van der Waals surface area contributed by atoms with E-state index in [0.29, 0.717) is 0 Å². The van der Waals surface area contributed by atoms with Crippen LogP contribution in [0.4, 0.5) is 0 Å². The molecule has 0 spiro atoms. The van der Waals surface area contributed by atoms with Gasteiger partial charge in [-0.05, 0) is 25.0 Å². The second-order valence-corrected chi connectivity index (χ2v) is 3.91. The molecule has 0 bridgehead atoms. The van der Waals surface area contributed by atoms with Gasteiger partial charge in [-0.15, -0.1) is 12.4 Å². The summed E-state index contributed by atoms with van der Waals surface area (Å²) >= 11 is 0. The number of hydrogen-bond acceptors (Lipinski definition) is 3. The molecule has 5 heteroatoms. The third-order valence-electron chi connectivity index (χ3n) is 2.43. The maximum absolute atomic E-state index is 11.2. The van der Waals surface area contributed by atoms with Crippen molar-refractivity contribution in [3.05, 3.63) is 35.4 Å². The van der Waals surface area contributed by atoms with Gasteiger partial charge in [-0.1, -0.05) is 24.3 Å². The average molecular weight is 259 g/mol. The van der Waals surface area contributed by atoms with E-state index in [2.05, 4.69) is 5.32 Å². The van der Waals surface area contributed by atoms with E-state index < -0.39 is 12.1 Å². The summed E-state index contributed by atoms with van der Waals surface area (Å²) in [4.78, 5) is 11.2. The zero-order chi connectivity index (χ0) is 12.1. The molecule has 0 aliphatic rings. The maximum Gasteiger partial charge on any atom is 0.236 e. The molecular weight excluding hydrogens is 240 g/mol. The number of nitrogens with one attached hydrogen (secondary N) is 1. The van der Waals surface area contributed by atoms with Crippen molar-refractivity contribution in [2.24, 2.45) is 5.73 Å². The molecule has 0 saturated heterocycles. The van der Waals surface area contributed by atoms with Crippen LogP contribution < -0.4 is 11.1 Å². The van der Waals surface area contributed by atoms with E-state index in [-0.39, 0.29) is 24.9 Å². The SMILES string of the molecule is Cc1ccccc1C(O)CNC(=O)[C@@H](C)N.Cl. The van der Waals surface area contributed by atoms with E-state index in [9.17, 15) is 9.90 Å². The number of carbonyl (C=O) groups is 1. The molecule has 0 aliphatic carbocycles. The van der Waals surface area contributed by atoms with Crippen LogP contribution in [0.1, 0.15) is 24.2 Å². The molecule has 0 heterocycles. The highest BCUT2D eigenvalue weighted by atomic mass is 35.5. The lowest BCUT2D eigenvalue weighted by molar-refractivity contribution is -0.122. The molecule has 4 nitrogen and oxygen atoms in total. The molecule has 0 aliphatic heterocycles.